The van der Waals surface area contributed by atoms with E-state index in [0.717, 1.165) is 35.6 Å². The van der Waals surface area contributed by atoms with Gasteiger partial charge in [0.2, 0.25) is 6.79 Å². The highest BCUT2D eigenvalue weighted by Gasteiger charge is 2.26. The highest BCUT2D eigenvalue weighted by Crippen LogP contribution is 2.33. The number of benzene rings is 2. The molecule has 2 amide bonds. The Hall–Kier alpha value is -2.69. The van der Waals surface area contributed by atoms with E-state index in [-0.39, 0.29) is 18.9 Å². The Morgan fingerprint density at radius 1 is 1.04 bits per heavy atom. The van der Waals surface area contributed by atoms with Crippen molar-refractivity contribution in [3.8, 4) is 11.5 Å². The number of hydrogen-bond donors (Lipinski definition) is 1. The molecule has 1 heterocycles. The molecule has 0 bridgehead atoms. The summed E-state index contributed by atoms with van der Waals surface area (Å²) in [7, 11) is 0. The Morgan fingerprint density at radius 2 is 1.78 bits per heavy atom. The number of ether oxygens (including phenoxy) is 2. The summed E-state index contributed by atoms with van der Waals surface area (Å²) >= 11 is 0. The van der Waals surface area contributed by atoms with E-state index in [2.05, 4.69) is 5.32 Å². The number of carbonyl (C=O) groups is 1. The average Bonchev–Trinajstić information content (AvgIpc) is 3.16. The van der Waals surface area contributed by atoms with Crippen molar-refractivity contribution < 1.29 is 14.3 Å². The highest BCUT2D eigenvalue weighted by atomic mass is 16.7. The average molecular weight is 366 g/mol. The van der Waals surface area contributed by atoms with Crippen LogP contribution in [0.3, 0.4) is 0 Å². The minimum atomic E-state index is -0.0385. The molecule has 1 aliphatic carbocycles. The Morgan fingerprint density at radius 3 is 2.56 bits per heavy atom. The van der Waals surface area contributed by atoms with Crippen molar-refractivity contribution in [2.75, 3.05) is 12.1 Å². The van der Waals surface area contributed by atoms with Gasteiger partial charge < -0.3 is 19.7 Å². The third-order valence-electron chi connectivity index (χ3n) is 5.37. The van der Waals surface area contributed by atoms with Gasteiger partial charge in [0.1, 0.15) is 0 Å². The molecule has 0 saturated heterocycles. The number of nitrogens with zero attached hydrogens (tertiary/aromatic N) is 1. The van der Waals surface area contributed by atoms with E-state index in [1.807, 2.05) is 54.3 Å². The molecule has 5 heteroatoms. The second-order valence-corrected chi connectivity index (χ2v) is 7.40. The summed E-state index contributed by atoms with van der Waals surface area (Å²) in [6, 6.07) is 14.1. The van der Waals surface area contributed by atoms with Crippen LogP contribution >= 0.6 is 0 Å². The monoisotopic (exact) mass is 366 g/mol. The number of rotatable bonds is 4. The third kappa shape index (κ3) is 4.18. The molecular weight excluding hydrogens is 340 g/mol. The van der Waals surface area contributed by atoms with Crippen LogP contribution in [0.5, 0.6) is 11.5 Å². The molecule has 2 aliphatic rings. The van der Waals surface area contributed by atoms with Crippen molar-refractivity contribution in [1.29, 1.82) is 0 Å². The predicted molar refractivity (Wildman–Crippen MR) is 105 cm³/mol. The maximum Gasteiger partial charge on any atom is 0.322 e. The highest BCUT2D eigenvalue weighted by molar-refractivity contribution is 5.89. The van der Waals surface area contributed by atoms with Crippen molar-refractivity contribution in [3.05, 3.63) is 53.6 Å². The summed E-state index contributed by atoms with van der Waals surface area (Å²) in [6.45, 7) is 2.87. The van der Waals surface area contributed by atoms with E-state index in [0.29, 0.717) is 6.54 Å². The van der Waals surface area contributed by atoms with Crippen LogP contribution in [-0.4, -0.2) is 23.8 Å². The van der Waals surface area contributed by atoms with Gasteiger partial charge in [0.25, 0.3) is 0 Å². The number of nitrogens with one attached hydrogen (secondary N) is 1. The molecule has 1 saturated carbocycles. The number of anilines is 1. The molecular formula is C22H26N2O3. The molecule has 0 atom stereocenters. The maximum absolute atomic E-state index is 13.1. The molecule has 27 heavy (non-hydrogen) atoms. The van der Waals surface area contributed by atoms with Gasteiger partial charge in [-0.3, -0.25) is 0 Å². The van der Waals surface area contributed by atoms with Gasteiger partial charge in [-0.2, -0.15) is 0 Å². The summed E-state index contributed by atoms with van der Waals surface area (Å²) in [5, 5.41) is 3.07. The van der Waals surface area contributed by atoms with E-state index in [1.54, 1.807) is 0 Å². The quantitative estimate of drug-likeness (QED) is 0.820. The van der Waals surface area contributed by atoms with Crippen LogP contribution < -0.4 is 14.8 Å². The van der Waals surface area contributed by atoms with Gasteiger partial charge in [0, 0.05) is 18.3 Å². The van der Waals surface area contributed by atoms with Gasteiger partial charge >= 0.3 is 6.03 Å². The van der Waals surface area contributed by atoms with Gasteiger partial charge in [-0.05, 0) is 49.6 Å². The zero-order chi connectivity index (χ0) is 18.6. The summed E-state index contributed by atoms with van der Waals surface area (Å²) < 4.78 is 10.9. The van der Waals surface area contributed by atoms with E-state index in [4.69, 9.17) is 9.47 Å². The molecule has 0 spiro atoms. The lowest BCUT2D eigenvalue weighted by Crippen LogP contribution is -2.43. The maximum atomic E-state index is 13.1. The first kappa shape index (κ1) is 17.7. The molecule has 2 aromatic rings. The van der Waals surface area contributed by atoms with E-state index in [9.17, 15) is 4.79 Å². The number of aryl methyl sites for hydroxylation is 1. The summed E-state index contributed by atoms with van der Waals surface area (Å²) in [5.74, 6) is 1.53. The SMILES string of the molecule is Cc1ccc(NC(=O)N(Cc2ccc3c(c2)OCO3)C2CCCCC2)cc1. The third-order valence-corrected chi connectivity index (χ3v) is 5.37. The number of fused-ring (bicyclic) bond motifs is 1. The van der Waals surface area contributed by atoms with Crippen LogP contribution in [0, 0.1) is 6.92 Å². The number of hydrogen-bond acceptors (Lipinski definition) is 3. The van der Waals surface area contributed by atoms with Crippen molar-refractivity contribution >= 4 is 11.7 Å². The molecule has 1 fully saturated rings. The number of amides is 2. The lowest BCUT2D eigenvalue weighted by atomic mass is 9.94. The first-order valence-corrected chi connectivity index (χ1v) is 9.72. The van der Waals surface area contributed by atoms with Crippen molar-refractivity contribution in [2.24, 2.45) is 0 Å². The van der Waals surface area contributed by atoms with Crippen molar-refractivity contribution in [3.63, 3.8) is 0 Å². The van der Waals surface area contributed by atoms with Crippen LogP contribution in [0.25, 0.3) is 0 Å². The van der Waals surface area contributed by atoms with Gasteiger partial charge in [-0.15, -0.1) is 0 Å². The summed E-state index contributed by atoms with van der Waals surface area (Å²) in [5.41, 5.74) is 3.07. The first-order valence-electron chi connectivity index (χ1n) is 9.72. The smallest absolute Gasteiger partial charge is 0.322 e. The van der Waals surface area contributed by atoms with E-state index >= 15 is 0 Å². The molecule has 4 rings (SSSR count). The van der Waals surface area contributed by atoms with Crippen LogP contribution in [0.2, 0.25) is 0 Å². The normalized spacial score (nSPS) is 16.2. The van der Waals surface area contributed by atoms with Gasteiger partial charge in [-0.1, -0.05) is 43.0 Å². The topological polar surface area (TPSA) is 50.8 Å². The Kier molecular flexibility index (Phi) is 5.19. The van der Waals surface area contributed by atoms with E-state index < -0.39 is 0 Å². The fourth-order valence-corrected chi connectivity index (χ4v) is 3.83. The molecule has 142 valence electrons. The second kappa shape index (κ2) is 7.91. The fourth-order valence-electron chi connectivity index (χ4n) is 3.83. The zero-order valence-corrected chi connectivity index (χ0v) is 15.7. The Labute approximate surface area is 160 Å². The number of urea groups is 1. The lowest BCUT2D eigenvalue weighted by Gasteiger charge is -2.34. The standard InChI is InChI=1S/C22H26N2O3/c1-16-7-10-18(11-8-16)23-22(25)24(19-5-3-2-4-6-19)14-17-9-12-20-21(13-17)27-15-26-20/h7-13,19H,2-6,14-15H2,1H3,(H,23,25). The van der Waals surface area contributed by atoms with Crippen molar-refractivity contribution in [2.45, 2.75) is 51.6 Å². The predicted octanol–water partition coefficient (Wildman–Crippen LogP) is 5.09. The first-order chi connectivity index (χ1) is 13.2. The van der Waals surface area contributed by atoms with Crippen molar-refractivity contribution in [1.82, 2.24) is 4.90 Å². The molecule has 1 N–H and O–H groups in total. The molecule has 5 nitrogen and oxygen atoms in total. The minimum Gasteiger partial charge on any atom is -0.454 e. The summed E-state index contributed by atoms with van der Waals surface area (Å²) in [6.07, 6.45) is 5.74. The van der Waals surface area contributed by atoms with Gasteiger partial charge in [-0.25, -0.2) is 4.79 Å². The van der Waals surface area contributed by atoms with Crippen LogP contribution in [-0.2, 0) is 6.54 Å². The lowest BCUT2D eigenvalue weighted by molar-refractivity contribution is 0.162. The van der Waals surface area contributed by atoms with Gasteiger partial charge in [0.05, 0.1) is 0 Å². The van der Waals surface area contributed by atoms with Crippen LogP contribution in [0.4, 0.5) is 10.5 Å². The minimum absolute atomic E-state index is 0.0385. The Bertz CT molecular complexity index is 798. The molecule has 2 aromatic carbocycles. The van der Waals surface area contributed by atoms with E-state index in [1.165, 1.54) is 24.8 Å². The molecule has 1 aliphatic heterocycles. The summed E-state index contributed by atoms with van der Waals surface area (Å²) in [4.78, 5) is 15.1. The fraction of sp³-hybridized carbons (Fsp3) is 0.409. The molecule has 0 aromatic heterocycles. The molecule has 0 radical (unpaired) electrons. The number of carbonyl (C=O) groups excluding carboxylic acids is 1. The Balaban J connectivity index is 1.52. The van der Waals surface area contributed by atoms with Crippen LogP contribution in [0.1, 0.15) is 43.2 Å². The zero-order valence-electron chi connectivity index (χ0n) is 15.7. The molecule has 0 unspecified atom stereocenters. The largest absolute Gasteiger partial charge is 0.454 e. The van der Waals surface area contributed by atoms with Gasteiger partial charge in [0.15, 0.2) is 11.5 Å². The van der Waals surface area contributed by atoms with Crippen LogP contribution in [0.15, 0.2) is 42.5 Å². The second-order valence-electron chi connectivity index (χ2n) is 7.40.